The Morgan fingerprint density at radius 1 is 1.38 bits per heavy atom. The van der Waals surface area contributed by atoms with Crippen molar-refractivity contribution in [3.05, 3.63) is 0 Å². The van der Waals surface area contributed by atoms with Crippen LogP contribution in [0.3, 0.4) is 0 Å². The van der Waals surface area contributed by atoms with Crippen molar-refractivity contribution in [3.63, 3.8) is 0 Å². The fourth-order valence-electron chi connectivity index (χ4n) is 0.757. The summed E-state index contributed by atoms with van der Waals surface area (Å²) in [5.74, 6) is 0. The summed E-state index contributed by atoms with van der Waals surface area (Å²) < 4.78 is 15.5. The minimum absolute atomic E-state index is 0.229. The summed E-state index contributed by atoms with van der Waals surface area (Å²) in [5, 5.41) is 0. The molecule has 0 fully saturated rings. The molecule has 0 unspecified atom stereocenters. The van der Waals surface area contributed by atoms with Gasteiger partial charge in [0.25, 0.3) is 0 Å². The average molecular weight is 203 g/mol. The second kappa shape index (κ2) is 5.53. The minimum Gasteiger partial charge on any atom is -0.234 e. The third kappa shape index (κ3) is 5.97. The predicted octanol–water partition coefficient (Wildman–Crippen LogP) is 3.10. The summed E-state index contributed by atoms with van der Waals surface area (Å²) >= 11 is 0. The Bertz CT molecular complexity index is 203. The van der Waals surface area contributed by atoms with Crippen molar-refractivity contribution in [1.82, 2.24) is 0 Å². The van der Waals surface area contributed by atoms with Crippen molar-refractivity contribution >= 4 is 16.7 Å². The molecule has 0 aromatic rings. The Balaban J connectivity index is 4.15. The first-order valence-corrected chi connectivity index (χ1v) is 5.94. The molecule has 13 heavy (non-hydrogen) atoms. The zero-order valence-electron chi connectivity index (χ0n) is 9.39. The van der Waals surface area contributed by atoms with Crippen LogP contribution in [-0.2, 0) is 11.0 Å². The van der Waals surface area contributed by atoms with E-state index in [2.05, 4.69) is 11.3 Å². The van der Waals surface area contributed by atoms with Crippen molar-refractivity contribution in [2.45, 2.75) is 58.6 Å². The topological polar surface area (TPSA) is 29.4 Å². The molecule has 3 heteroatoms. The molecule has 0 N–H and O–H groups in total. The van der Waals surface area contributed by atoms with Gasteiger partial charge in [-0.3, -0.25) is 0 Å². The molecule has 0 aliphatic heterocycles. The van der Waals surface area contributed by atoms with E-state index in [0.717, 1.165) is 25.0 Å². The maximum Gasteiger partial charge on any atom is 0.144 e. The summed E-state index contributed by atoms with van der Waals surface area (Å²) in [7, 11) is -1.08. The molecular weight excluding hydrogens is 182 g/mol. The summed E-state index contributed by atoms with van der Waals surface area (Å²) in [6.45, 7) is 9.94. The highest BCUT2D eigenvalue weighted by Crippen LogP contribution is 2.13. The second-order valence-corrected chi connectivity index (χ2v) is 6.20. The Hall–Kier alpha value is -0.180. The van der Waals surface area contributed by atoms with Crippen LogP contribution < -0.4 is 0 Å². The van der Waals surface area contributed by atoms with Gasteiger partial charge in [-0.2, -0.15) is 4.40 Å². The lowest BCUT2D eigenvalue weighted by atomic mass is 10.2. The Morgan fingerprint density at radius 2 is 1.92 bits per heavy atom. The van der Waals surface area contributed by atoms with Crippen LogP contribution in [0.4, 0.5) is 0 Å². The van der Waals surface area contributed by atoms with E-state index in [9.17, 15) is 4.21 Å². The lowest BCUT2D eigenvalue weighted by molar-refractivity contribution is 0.650. The fraction of sp³-hybridized carbons (Fsp3) is 0.900. The van der Waals surface area contributed by atoms with E-state index < -0.39 is 11.0 Å². The molecule has 0 heterocycles. The van der Waals surface area contributed by atoms with Crippen LogP contribution in [0.2, 0.25) is 0 Å². The first-order chi connectivity index (χ1) is 5.88. The van der Waals surface area contributed by atoms with E-state index in [-0.39, 0.29) is 4.75 Å². The van der Waals surface area contributed by atoms with Gasteiger partial charge in [-0.05, 0) is 40.5 Å². The molecule has 2 nitrogen and oxygen atoms in total. The van der Waals surface area contributed by atoms with Crippen LogP contribution in [-0.4, -0.2) is 14.7 Å². The van der Waals surface area contributed by atoms with Crippen molar-refractivity contribution in [3.8, 4) is 0 Å². The monoisotopic (exact) mass is 203 g/mol. The zero-order chi connectivity index (χ0) is 10.5. The van der Waals surface area contributed by atoms with E-state index >= 15 is 0 Å². The Labute approximate surface area is 84.4 Å². The smallest absolute Gasteiger partial charge is 0.144 e. The molecule has 0 rings (SSSR count). The highest BCUT2D eigenvalue weighted by Gasteiger charge is 2.18. The maximum atomic E-state index is 11.6. The second-order valence-electron chi connectivity index (χ2n) is 4.29. The van der Waals surface area contributed by atoms with Gasteiger partial charge >= 0.3 is 0 Å². The van der Waals surface area contributed by atoms with Gasteiger partial charge in [-0.15, -0.1) is 0 Å². The van der Waals surface area contributed by atoms with Crippen molar-refractivity contribution in [2.75, 3.05) is 0 Å². The zero-order valence-corrected chi connectivity index (χ0v) is 10.2. The number of unbranched alkanes of at least 4 members (excludes halogenated alkanes) is 1. The molecule has 0 saturated heterocycles. The largest absolute Gasteiger partial charge is 0.234 e. The van der Waals surface area contributed by atoms with Gasteiger partial charge in [0, 0.05) is 5.71 Å². The first kappa shape index (κ1) is 12.8. The van der Waals surface area contributed by atoms with E-state index in [4.69, 9.17) is 0 Å². The average Bonchev–Trinajstić information content (AvgIpc) is 1.99. The van der Waals surface area contributed by atoms with Gasteiger partial charge in [0.1, 0.15) is 11.0 Å². The van der Waals surface area contributed by atoms with Crippen molar-refractivity contribution in [1.29, 1.82) is 0 Å². The number of hydrogen-bond acceptors (Lipinski definition) is 1. The minimum atomic E-state index is -1.08. The lowest BCUT2D eigenvalue weighted by Gasteiger charge is -2.13. The van der Waals surface area contributed by atoms with Gasteiger partial charge in [0.15, 0.2) is 0 Å². The number of rotatable bonds is 4. The molecule has 0 aromatic heterocycles. The molecule has 0 bridgehead atoms. The van der Waals surface area contributed by atoms with Gasteiger partial charge < -0.3 is 0 Å². The van der Waals surface area contributed by atoms with Gasteiger partial charge in [0.05, 0.1) is 4.75 Å². The normalized spacial score (nSPS) is 15.9. The SMILES string of the molecule is CCCCC(C)=N[S@](=O)C(C)(C)C. The molecule has 0 amide bonds. The molecule has 1 atom stereocenters. The molecule has 78 valence electrons. The van der Waals surface area contributed by atoms with E-state index in [1.807, 2.05) is 27.7 Å². The Morgan fingerprint density at radius 3 is 2.31 bits per heavy atom. The van der Waals surface area contributed by atoms with E-state index in [1.54, 1.807) is 0 Å². The molecular formula is C10H21NOS. The number of hydrogen-bond donors (Lipinski definition) is 0. The highest BCUT2D eigenvalue weighted by atomic mass is 32.2. The molecule has 0 radical (unpaired) electrons. The molecule has 0 aliphatic carbocycles. The quantitative estimate of drug-likeness (QED) is 0.646. The first-order valence-electron chi connectivity index (χ1n) is 4.84. The van der Waals surface area contributed by atoms with Crippen molar-refractivity contribution < 1.29 is 4.21 Å². The lowest BCUT2D eigenvalue weighted by Crippen LogP contribution is -2.20. The molecule has 0 spiro atoms. The summed E-state index contributed by atoms with van der Waals surface area (Å²) in [4.78, 5) is 0. The Kier molecular flexibility index (Phi) is 5.45. The molecule has 0 aromatic carbocycles. The van der Waals surface area contributed by atoms with Crippen LogP contribution >= 0.6 is 0 Å². The standard InChI is InChI=1S/C10H21NOS/c1-6-7-8-9(2)11-13(12)10(3,4)5/h6-8H2,1-5H3/t13-/m1/s1. The summed E-state index contributed by atoms with van der Waals surface area (Å²) in [6.07, 6.45) is 3.27. The third-order valence-corrected chi connectivity index (χ3v) is 3.18. The highest BCUT2D eigenvalue weighted by molar-refractivity contribution is 7.85. The van der Waals surface area contributed by atoms with Crippen molar-refractivity contribution in [2.24, 2.45) is 4.40 Å². The van der Waals surface area contributed by atoms with Crippen LogP contribution in [0.5, 0.6) is 0 Å². The maximum absolute atomic E-state index is 11.6. The van der Waals surface area contributed by atoms with Crippen LogP contribution in [0.15, 0.2) is 4.40 Å². The van der Waals surface area contributed by atoms with Gasteiger partial charge in [-0.25, -0.2) is 4.21 Å². The fourth-order valence-corrected chi connectivity index (χ4v) is 1.40. The van der Waals surface area contributed by atoms with Crippen LogP contribution in [0, 0.1) is 0 Å². The van der Waals surface area contributed by atoms with Crippen LogP contribution in [0.25, 0.3) is 0 Å². The number of nitrogens with zero attached hydrogens (tertiary/aromatic N) is 1. The molecule has 0 saturated carbocycles. The molecule has 0 aliphatic rings. The third-order valence-electron chi connectivity index (χ3n) is 1.65. The van der Waals surface area contributed by atoms with Gasteiger partial charge in [0.2, 0.25) is 0 Å². The summed E-state index contributed by atoms with van der Waals surface area (Å²) in [6, 6.07) is 0. The van der Waals surface area contributed by atoms with E-state index in [0.29, 0.717) is 0 Å². The van der Waals surface area contributed by atoms with E-state index in [1.165, 1.54) is 0 Å². The van der Waals surface area contributed by atoms with Gasteiger partial charge in [-0.1, -0.05) is 13.3 Å². The van der Waals surface area contributed by atoms with Crippen LogP contribution in [0.1, 0.15) is 53.9 Å². The predicted molar refractivity (Wildman–Crippen MR) is 60.5 cm³/mol. The summed E-state index contributed by atoms with van der Waals surface area (Å²) in [5.41, 5.74) is 1.01.